The normalized spacial score (nSPS) is 14.6. The number of aromatic nitrogens is 2. The van der Waals surface area contributed by atoms with Gasteiger partial charge in [-0.15, -0.1) is 0 Å². The first-order chi connectivity index (χ1) is 15.0. The lowest BCUT2D eigenvalue weighted by Crippen LogP contribution is -2.26. The van der Waals surface area contributed by atoms with E-state index in [-0.39, 0.29) is 34.0 Å². The summed E-state index contributed by atoms with van der Waals surface area (Å²) < 4.78 is 58.2. The van der Waals surface area contributed by atoms with Crippen molar-refractivity contribution in [1.29, 1.82) is 5.26 Å². The molecule has 0 radical (unpaired) electrons. The SMILES string of the molecule is CC(C)(C)Cn1cc(CNS(=O)(=O)C2CC2)c2cc(F)c(-c3cc(F)cnc3C#N)cc21. The number of sulfonamides is 1. The molecule has 0 spiro atoms. The average Bonchev–Trinajstić information content (AvgIpc) is 3.51. The molecule has 168 valence electrons. The Morgan fingerprint density at radius 2 is 1.94 bits per heavy atom. The summed E-state index contributed by atoms with van der Waals surface area (Å²) in [4.78, 5) is 3.77. The zero-order chi connectivity index (χ0) is 23.3. The van der Waals surface area contributed by atoms with Crippen LogP contribution in [-0.4, -0.2) is 23.2 Å². The third kappa shape index (κ3) is 4.52. The largest absolute Gasteiger partial charge is 0.347 e. The maximum Gasteiger partial charge on any atom is 0.214 e. The lowest BCUT2D eigenvalue weighted by molar-refractivity contribution is 0.349. The highest BCUT2D eigenvalue weighted by atomic mass is 32.2. The summed E-state index contributed by atoms with van der Waals surface area (Å²) in [7, 11) is -3.39. The second kappa shape index (κ2) is 7.94. The minimum absolute atomic E-state index is 0.0518. The Balaban J connectivity index is 1.84. The number of fused-ring (bicyclic) bond motifs is 1. The fourth-order valence-electron chi connectivity index (χ4n) is 3.78. The minimum Gasteiger partial charge on any atom is -0.347 e. The number of nitrogens with one attached hydrogen (secondary N) is 1. The van der Waals surface area contributed by atoms with Crippen molar-refractivity contribution in [1.82, 2.24) is 14.3 Å². The molecule has 1 aromatic carbocycles. The van der Waals surface area contributed by atoms with Gasteiger partial charge in [-0.25, -0.2) is 26.9 Å². The molecule has 0 bridgehead atoms. The van der Waals surface area contributed by atoms with E-state index in [1.807, 2.05) is 16.8 Å². The predicted octanol–water partition coefficient (Wildman–Crippen LogP) is 4.48. The highest BCUT2D eigenvalue weighted by molar-refractivity contribution is 7.90. The number of pyridine rings is 1. The molecule has 0 saturated heterocycles. The van der Waals surface area contributed by atoms with Gasteiger partial charge in [-0.3, -0.25) is 0 Å². The van der Waals surface area contributed by atoms with Crippen molar-refractivity contribution in [2.45, 2.75) is 52.0 Å². The Labute approximate surface area is 185 Å². The molecule has 0 aliphatic heterocycles. The van der Waals surface area contributed by atoms with Gasteiger partial charge in [-0.05, 0) is 42.0 Å². The van der Waals surface area contributed by atoms with Crippen molar-refractivity contribution in [3.05, 3.63) is 53.5 Å². The number of halogens is 2. The molecule has 0 atom stereocenters. The van der Waals surface area contributed by atoms with Gasteiger partial charge in [0.05, 0.1) is 11.4 Å². The van der Waals surface area contributed by atoms with Crippen molar-refractivity contribution >= 4 is 20.9 Å². The Kier molecular flexibility index (Phi) is 5.55. The molecule has 1 aliphatic carbocycles. The summed E-state index contributed by atoms with van der Waals surface area (Å²) in [6.45, 7) is 6.82. The number of nitrogens with zero attached hydrogens (tertiary/aromatic N) is 3. The van der Waals surface area contributed by atoms with Crippen LogP contribution in [0, 0.1) is 28.4 Å². The Morgan fingerprint density at radius 1 is 1.22 bits per heavy atom. The first kappa shape index (κ1) is 22.4. The lowest BCUT2D eigenvalue weighted by atomic mass is 9.96. The first-order valence-electron chi connectivity index (χ1n) is 10.3. The molecule has 1 aliphatic rings. The standard InChI is InChI=1S/C23H24F2N4O2S/c1-23(2,3)13-29-12-14(10-28-32(30,31)16-4-5-16)17-7-20(25)18(8-22(17)29)19-6-15(24)11-27-21(19)9-26/h6-8,11-12,16,28H,4-5,10,13H2,1-3H3. The van der Waals surface area contributed by atoms with Crippen LogP contribution in [0.1, 0.15) is 44.9 Å². The summed E-state index contributed by atoms with van der Waals surface area (Å²) in [5, 5.41) is 9.57. The quantitative estimate of drug-likeness (QED) is 0.590. The molecule has 1 fully saturated rings. The van der Waals surface area contributed by atoms with Crippen molar-refractivity contribution in [2.24, 2.45) is 5.41 Å². The van der Waals surface area contributed by atoms with E-state index in [1.54, 1.807) is 6.07 Å². The third-order valence-corrected chi connectivity index (χ3v) is 7.27. The number of hydrogen-bond acceptors (Lipinski definition) is 4. The van der Waals surface area contributed by atoms with E-state index in [9.17, 15) is 18.1 Å². The molecule has 2 aromatic heterocycles. The number of rotatable bonds is 6. The van der Waals surface area contributed by atoms with Gasteiger partial charge in [0, 0.05) is 41.3 Å². The third-order valence-electron chi connectivity index (χ3n) is 5.37. The Hall–Kier alpha value is -2.83. The zero-order valence-corrected chi connectivity index (χ0v) is 18.9. The van der Waals surface area contributed by atoms with E-state index in [0.717, 1.165) is 12.3 Å². The van der Waals surface area contributed by atoms with Gasteiger partial charge in [0.25, 0.3) is 0 Å². The fraction of sp³-hybridized carbons (Fsp3) is 0.391. The molecule has 1 saturated carbocycles. The van der Waals surface area contributed by atoms with Gasteiger partial charge in [-0.1, -0.05) is 20.8 Å². The summed E-state index contributed by atoms with van der Waals surface area (Å²) >= 11 is 0. The maximum atomic E-state index is 15.2. The van der Waals surface area contributed by atoms with Gasteiger partial charge in [0.1, 0.15) is 23.4 Å². The molecular formula is C23H24F2N4O2S. The molecule has 0 unspecified atom stereocenters. The van der Waals surface area contributed by atoms with Crippen molar-refractivity contribution in [3.63, 3.8) is 0 Å². The lowest BCUT2D eigenvalue weighted by Gasteiger charge is -2.20. The summed E-state index contributed by atoms with van der Waals surface area (Å²) in [5.41, 5.74) is 1.28. The maximum absolute atomic E-state index is 15.2. The van der Waals surface area contributed by atoms with Crippen LogP contribution in [0.2, 0.25) is 0 Å². The van der Waals surface area contributed by atoms with E-state index >= 15 is 4.39 Å². The van der Waals surface area contributed by atoms with Crippen molar-refractivity contribution in [2.75, 3.05) is 0 Å². The van der Waals surface area contributed by atoms with E-state index in [1.165, 1.54) is 6.07 Å². The van der Waals surface area contributed by atoms with E-state index in [4.69, 9.17) is 0 Å². The van der Waals surface area contributed by atoms with Crippen LogP contribution in [0.15, 0.2) is 30.6 Å². The van der Waals surface area contributed by atoms with Crippen molar-refractivity contribution < 1.29 is 17.2 Å². The van der Waals surface area contributed by atoms with Gasteiger partial charge in [0.2, 0.25) is 10.0 Å². The number of nitriles is 1. The van der Waals surface area contributed by atoms with Crippen LogP contribution in [-0.2, 0) is 23.1 Å². The zero-order valence-electron chi connectivity index (χ0n) is 18.1. The molecule has 9 heteroatoms. The smallest absolute Gasteiger partial charge is 0.214 e. The molecule has 4 rings (SSSR count). The molecule has 3 aromatic rings. The molecule has 0 amide bonds. The van der Waals surface area contributed by atoms with Gasteiger partial charge in [0.15, 0.2) is 0 Å². The second-order valence-corrected chi connectivity index (χ2v) is 11.5. The minimum atomic E-state index is -3.39. The average molecular weight is 459 g/mol. The van der Waals surface area contributed by atoms with Crippen LogP contribution in [0.3, 0.4) is 0 Å². The van der Waals surface area contributed by atoms with E-state index in [2.05, 4.69) is 30.5 Å². The summed E-state index contributed by atoms with van der Waals surface area (Å²) in [5.74, 6) is -1.31. The molecule has 2 heterocycles. The monoisotopic (exact) mass is 458 g/mol. The summed E-state index contributed by atoms with van der Waals surface area (Å²) in [6, 6.07) is 5.87. The highest BCUT2D eigenvalue weighted by Gasteiger charge is 2.35. The first-order valence-corrected chi connectivity index (χ1v) is 11.9. The predicted molar refractivity (Wildman–Crippen MR) is 118 cm³/mol. The van der Waals surface area contributed by atoms with Crippen LogP contribution in [0.5, 0.6) is 0 Å². The van der Waals surface area contributed by atoms with Gasteiger partial charge in [-0.2, -0.15) is 5.26 Å². The van der Waals surface area contributed by atoms with E-state index in [0.29, 0.717) is 35.9 Å². The topological polar surface area (TPSA) is 87.8 Å². The van der Waals surface area contributed by atoms with Crippen LogP contribution >= 0.6 is 0 Å². The van der Waals surface area contributed by atoms with Crippen LogP contribution in [0.25, 0.3) is 22.0 Å². The molecule has 6 nitrogen and oxygen atoms in total. The van der Waals surface area contributed by atoms with Gasteiger partial charge < -0.3 is 4.57 Å². The van der Waals surface area contributed by atoms with Crippen LogP contribution < -0.4 is 4.72 Å². The van der Waals surface area contributed by atoms with Crippen molar-refractivity contribution in [3.8, 4) is 17.2 Å². The number of benzene rings is 1. The highest BCUT2D eigenvalue weighted by Crippen LogP contribution is 2.34. The Bertz CT molecular complexity index is 1350. The van der Waals surface area contributed by atoms with Gasteiger partial charge >= 0.3 is 0 Å². The molecule has 32 heavy (non-hydrogen) atoms. The fourth-order valence-corrected chi connectivity index (χ4v) is 5.13. The summed E-state index contributed by atoms with van der Waals surface area (Å²) in [6.07, 6.45) is 4.05. The van der Waals surface area contributed by atoms with Crippen LogP contribution in [0.4, 0.5) is 8.78 Å². The molecule has 1 N–H and O–H groups in total. The molecular weight excluding hydrogens is 434 g/mol. The van der Waals surface area contributed by atoms with E-state index < -0.39 is 21.7 Å². The second-order valence-electron chi connectivity index (χ2n) is 9.42. The number of hydrogen-bond donors (Lipinski definition) is 1. The Morgan fingerprint density at radius 3 is 2.56 bits per heavy atom.